The van der Waals surface area contributed by atoms with Crippen LogP contribution in [0.1, 0.15) is 13.8 Å². The number of nitrogens with one attached hydrogen (secondary N) is 2. The molecule has 2 aromatic carbocycles. The number of anilines is 2. The van der Waals surface area contributed by atoms with E-state index in [1.54, 1.807) is 31.2 Å². The SMILES string of the molecule is CC(=O)Nc1ccc(SC(C)C(=O)Nc2ccc(F)c(F)c2)cc1. The Morgan fingerprint density at radius 2 is 1.58 bits per heavy atom. The summed E-state index contributed by atoms with van der Waals surface area (Å²) >= 11 is 1.31. The number of carbonyl (C=O) groups excluding carboxylic acids is 2. The van der Waals surface area contributed by atoms with Crippen molar-refractivity contribution in [1.29, 1.82) is 0 Å². The van der Waals surface area contributed by atoms with Crippen molar-refractivity contribution in [3.8, 4) is 0 Å². The molecule has 2 N–H and O–H groups in total. The molecule has 0 fully saturated rings. The van der Waals surface area contributed by atoms with Crippen molar-refractivity contribution in [2.45, 2.75) is 24.0 Å². The molecular formula is C17H16F2N2O2S. The van der Waals surface area contributed by atoms with E-state index in [0.29, 0.717) is 5.69 Å². The van der Waals surface area contributed by atoms with E-state index in [9.17, 15) is 18.4 Å². The highest BCUT2D eigenvalue weighted by atomic mass is 32.2. The van der Waals surface area contributed by atoms with Crippen LogP contribution in [0.25, 0.3) is 0 Å². The van der Waals surface area contributed by atoms with Gasteiger partial charge in [-0.3, -0.25) is 9.59 Å². The van der Waals surface area contributed by atoms with Crippen molar-refractivity contribution < 1.29 is 18.4 Å². The number of halogens is 2. The lowest BCUT2D eigenvalue weighted by atomic mass is 10.3. The van der Waals surface area contributed by atoms with Gasteiger partial charge in [0.2, 0.25) is 11.8 Å². The fraction of sp³-hybridized carbons (Fsp3) is 0.176. The molecule has 2 rings (SSSR count). The molecule has 0 saturated carbocycles. The Morgan fingerprint density at radius 3 is 2.17 bits per heavy atom. The molecule has 0 aliphatic heterocycles. The second-order valence-electron chi connectivity index (χ2n) is 5.08. The molecule has 7 heteroatoms. The Morgan fingerprint density at radius 1 is 0.958 bits per heavy atom. The Hall–Kier alpha value is -2.41. The summed E-state index contributed by atoms with van der Waals surface area (Å²) in [5, 5.41) is 4.76. The second kappa shape index (κ2) is 7.92. The van der Waals surface area contributed by atoms with Crippen molar-refractivity contribution in [3.63, 3.8) is 0 Å². The van der Waals surface area contributed by atoms with Gasteiger partial charge in [0, 0.05) is 29.3 Å². The van der Waals surface area contributed by atoms with Gasteiger partial charge in [-0.25, -0.2) is 8.78 Å². The first kappa shape index (κ1) is 17.9. The number of carbonyl (C=O) groups is 2. The van der Waals surface area contributed by atoms with Crippen molar-refractivity contribution in [3.05, 3.63) is 54.1 Å². The van der Waals surface area contributed by atoms with Crippen LogP contribution in [0, 0.1) is 11.6 Å². The monoisotopic (exact) mass is 350 g/mol. The van der Waals surface area contributed by atoms with Crippen LogP contribution in [-0.4, -0.2) is 17.1 Å². The summed E-state index contributed by atoms with van der Waals surface area (Å²) in [4.78, 5) is 23.9. The molecule has 0 bridgehead atoms. The lowest BCUT2D eigenvalue weighted by Gasteiger charge is -2.12. The number of hydrogen-bond acceptors (Lipinski definition) is 3. The predicted octanol–water partition coefficient (Wildman–Crippen LogP) is 4.04. The van der Waals surface area contributed by atoms with Crippen molar-refractivity contribution in [2.24, 2.45) is 0 Å². The summed E-state index contributed by atoms with van der Waals surface area (Å²) in [7, 11) is 0. The zero-order valence-corrected chi connectivity index (χ0v) is 13.9. The minimum Gasteiger partial charge on any atom is -0.326 e. The molecule has 0 radical (unpaired) electrons. The van der Waals surface area contributed by atoms with E-state index in [2.05, 4.69) is 10.6 Å². The average Bonchev–Trinajstić information content (AvgIpc) is 2.52. The molecule has 0 spiro atoms. The van der Waals surface area contributed by atoms with Crippen molar-refractivity contribution in [2.75, 3.05) is 10.6 Å². The molecule has 1 unspecified atom stereocenters. The summed E-state index contributed by atoms with van der Waals surface area (Å²) in [6.45, 7) is 3.13. The van der Waals surface area contributed by atoms with Crippen LogP contribution in [0.15, 0.2) is 47.4 Å². The average molecular weight is 350 g/mol. The first-order chi connectivity index (χ1) is 11.3. The number of hydrogen-bond donors (Lipinski definition) is 2. The highest BCUT2D eigenvalue weighted by Crippen LogP contribution is 2.26. The van der Waals surface area contributed by atoms with Gasteiger partial charge < -0.3 is 10.6 Å². The quantitative estimate of drug-likeness (QED) is 0.800. The lowest BCUT2D eigenvalue weighted by Crippen LogP contribution is -2.22. The van der Waals surface area contributed by atoms with Gasteiger partial charge in [-0.2, -0.15) is 0 Å². The highest BCUT2D eigenvalue weighted by Gasteiger charge is 2.15. The maximum absolute atomic E-state index is 13.1. The van der Waals surface area contributed by atoms with E-state index in [4.69, 9.17) is 0 Å². The molecule has 1 atom stereocenters. The zero-order chi connectivity index (χ0) is 17.7. The smallest absolute Gasteiger partial charge is 0.237 e. The van der Waals surface area contributed by atoms with Crippen LogP contribution < -0.4 is 10.6 Å². The van der Waals surface area contributed by atoms with Gasteiger partial charge in [0.05, 0.1) is 5.25 Å². The standard InChI is InChI=1S/C17H16F2N2O2S/c1-10(17(23)21-13-5-8-15(18)16(19)9-13)24-14-6-3-12(4-7-14)20-11(2)22/h3-10H,1-2H3,(H,20,22)(H,21,23). The summed E-state index contributed by atoms with van der Waals surface area (Å²) < 4.78 is 26.0. The molecule has 4 nitrogen and oxygen atoms in total. The van der Waals surface area contributed by atoms with Gasteiger partial charge in [0.15, 0.2) is 11.6 Å². The van der Waals surface area contributed by atoms with E-state index in [-0.39, 0.29) is 17.5 Å². The van der Waals surface area contributed by atoms with Crippen LogP contribution in [-0.2, 0) is 9.59 Å². The molecule has 0 aromatic heterocycles. The normalized spacial score (nSPS) is 11.7. The predicted molar refractivity (Wildman–Crippen MR) is 91.1 cm³/mol. The third-order valence-electron chi connectivity index (χ3n) is 3.04. The Bertz CT molecular complexity index is 751. The first-order valence-electron chi connectivity index (χ1n) is 7.15. The van der Waals surface area contributed by atoms with E-state index in [1.165, 1.54) is 24.8 Å². The Kier molecular flexibility index (Phi) is 5.92. The van der Waals surface area contributed by atoms with E-state index < -0.39 is 16.9 Å². The van der Waals surface area contributed by atoms with Gasteiger partial charge in [-0.1, -0.05) is 0 Å². The maximum Gasteiger partial charge on any atom is 0.237 e. The van der Waals surface area contributed by atoms with E-state index in [0.717, 1.165) is 17.0 Å². The van der Waals surface area contributed by atoms with Gasteiger partial charge in [0.1, 0.15) is 0 Å². The van der Waals surface area contributed by atoms with E-state index in [1.807, 2.05) is 0 Å². The number of thioether (sulfide) groups is 1. The Labute approximate surface area is 142 Å². The molecule has 0 saturated heterocycles. The fourth-order valence-electron chi connectivity index (χ4n) is 1.90. The second-order valence-corrected chi connectivity index (χ2v) is 6.50. The summed E-state index contributed by atoms with van der Waals surface area (Å²) in [5.41, 5.74) is 0.873. The van der Waals surface area contributed by atoms with Crippen LogP contribution >= 0.6 is 11.8 Å². The molecule has 0 heterocycles. The van der Waals surface area contributed by atoms with Gasteiger partial charge in [0.25, 0.3) is 0 Å². The minimum atomic E-state index is -1.01. The van der Waals surface area contributed by atoms with Gasteiger partial charge >= 0.3 is 0 Å². The maximum atomic E-state index is 13.1. The summed E-state index contributed by atoms with van der Waals surface area (Å²) in [6, 6.07) is 10.3. The lowest BCUT2D eigenvalue weighted by molar-refractivity contribution is -0.115. The van der Waals surface area contributed by atoms with Gasteiger partial charge in [-0.15, -0.1) is 11.8 Å². The van der Waals surface area contributed by atoms with E-state index >= 15 is 0 Å². The third kappa shape index (κ3) is 5.06. The highest BCUT2D eigenvalue weighted by molar-refractivity contribution is 8.00. The number of amides is 2. The molecule has 126 valence electrons. The topological polar surface area (TPSA) is 58.2 Å². The molecule has 2 amide bonds. The fourth-order valence-corrected chi connectivity index (χ4v) is 2.76. The minimum absolute atomic E-state index is 0.158. The summed E-state index contributed by atoms with van der Waals surface area (Å²) in [5.74, 6) is -2.46. The molecule has 0 aliphatic rings. The van der Waals surface area contributed by atoms with Crippen LogP contribution in [0.2, 0.25) is 0 Å². The largest absolute Gasteiger partial charge is 0.326 e. The molecular weight excluding hydrogens is 334 g/mol. The number of rotatable bonds is 5. The zero-order valence-electron chi connectivity index (χ0n) is 13.1. The first-order valence-corrected chi connectivity index (χ1v) is 8.03. The van der Waals surface area contributed by atoms with Gasteiger partial charge in [-0.05, 0) is 43.3 Å². The van der Waals surface area contributed by atoms with Crippen molar-refractivity contribution in [1.82, 2.24) is 0 Å². The van der Waals surface area contributed by atoms with Crippen LogP contribution in [0.4, 0.5) is 20.2 Å². The number of benzene rings is 2. The Balaban J connectivity index is 1.95. The molecule has 24 heavy (non-hydrogen) atoms. The third-order valence-corrected chi connectivity index (χ3v) is 4.16. The summed E-state index contributed by atoms with van der Waals surface area (Å²) in [6.07, 6.45) is 0. The molecule has 0 aliphatic carbocycles. The van der Waals surface area contributed by atoms with Crippen LogP contribution in [0.3, 0.4) is 0 Å². The molecule has 2 aromatic rings. The van der Waals surface area contributed by atoms with Crippen LogP contribution in [0.5, 0.6) is 0 Å². The van der Waals surface area contributed by atoms with Crippen molar-refractivity contribution >= 4 is 35.0 Å².